The van der Waals surface area contributed by atoms with Crippen molar-refractivity contribution in [3.63, 3.8) is 0 Å². The Morgan fingerprint density at radius 2 is 2.05 bits per heavy atom. The van der Waals surface area contributed by atoms with Gasteiger partial charge in [0.2, 0.25) is 0 Å². The van der Waals surface area contributed by atoms with E-state index in [0.29, 0.717) is 4.77 Å². The molecule has 3 N–H and O–H groups in total. The summed E-state index contributed by atoms with van der Waals surface area (Å²) in [5, 5.41) is 1.23. The van der Waals surface area contributed by atoms with Gasteiger partial charge in [-0.15, -0.1) is 0 Å². The molecule has 22 heavy (non-hydrogen) atoms. The van der Waals surface area contributed by atoms with Gasteiger partial charge in [0.15, 0.2) is 4.77 Å². The molecule has 0 aliphatic carbocycles. The van der Waals surface area contributed by atoms with Crippen LogP contribution in [-0.4, -0.2) is 26.4 Å². The number of nitrogens with zero attached hydrogens (tertiary/aromatic N) is 1. The van der Waals surface area contributed by atoms with E-state index < -0.39 is 0 Å². The minimum absolute atomic E-state index is 0.0518. The highest BCUT2D eigenvalue weighted by molar-refractivity contribution is 7.71. The number of aromatic amines is 3. The lowest BCUT2D eigenvalue weighted by molar-refractivity contribution is 0.238. The third kappa shape index (κ3) is 2.40. The van der Waals surface area contributed by atoms with Crippen molar-refractivity contribution in [3.8, 4) is 0 Å². The summed E-state index contributed by atoms with van der Waals surface area (Å²) in [7, 11) is 0. The number of fused-ring (bicyclic) bond motifs is 2. The Morgan fingerprint density at radius 3 is 2.91 bits per heavy atom. The van der Waals surface area contributed by atoms with Crippen molar-refractivity contribution in [2.24, 2.45) is 0 Å². The Balaban J connectivity index is 1.59. The smallest absolute Gasteiger partial charge is 0.255 e. The average molecular weight is 312 g/mol. The van der Waals surface area contributed by atoms with Crippen molar-refractivity contribution < 1.29 is 0 Å². The number of hydrogen-bond donors (Lipinski definition) is 3. The van der Waals surface area contributed by atoms with E-state index in [1.54, 1.807) is 0 Å². The van der Waals surface area contributed by atoms with Gasteiger partial charge in [-0.1, -0.05) is 18.2 Å². The number of aromatic nitrogens is 3. The molecule has 1 aliphatic heterocycles. The standard InChI is InChI=1S/C16H16N4OS/c21-15-12-5-6-20(9-14(12)18-16(22)19-15)8-11-7-10-3-1-2-4-13(10)17-11/h1-4,7,17H,5-6,8-9H2,(H2,18,19,21,22). The van der Waals surface area contributed by atoms with Crippen LogP contribution < -0.4 is 5.56 Å². The van der Waals surface area contributed by atoms with E-state index in [9.17, 15) is 4.79 Å². The Labute approximate surface area is 132 Å². The zero-order chi connectivity index (χ0) is 15.1. The minimum Gasteiger partial charge on any atom is -0.357 e. The van der Waals surface area contributed by atoms with Crippen LogP contribution in [0.15, 0.2) is 35.1 Å². The number of H-pyrrole nitrogens is 3. The largest absolute Gasteiger partial charge is 0.357 e. The predicted molar refractivity (Wildman–Crippen MR) is 88.4 cm³/mol. The van der Waals surface area contributed by atoms with Crippen molar-refractivity contribution in [2.45, 2.75) is 19.5 Å². The van der Waals surface area contributed by atoms with Gasteiger partial charge in [-0.3, -0.25) is 14.7 Å². The second-order valence-electron chi connectivity index (χ2n) is 5.71. The molecule has 0 saturated carbocycles. The molecule has 0 unspecified atom stereocenters. The first kappa shape index (κ1) is 13.5. The van der Waals surface area contributed by atoms with Crippen LogP contribution in [0, 0.1) is 4.77 Å². The molecule has 0 amide bonds. The second kappa shape index (κ2) is 5.23. The fraction of sp³-hybridized carbons (Fsp3) is 0.250. The van der Waals surface area contributed by atoms with Crippen molar-refractivity contribution >= 4 is 23.1 Å². The number of nitrogens with one attached hydrogen (secondary N) is 3. The maximum atomic E-state index is 11.9. The lowest BCUT2D eigenvalue weighted by Gasteiger charge is -2.27. The first-order chi connectivity index (χ1) is 10.7. The molecule has 0 saturated heterocycles. The third-order valence-electron chi connectivity index (χ3n) is 4.17. The van der Waals surface area contributed by atoms with Crippen LogP contribution in [-0.2, 0) is 19.5 Å². The molecule has 3 aromatic rings. The highest BCUT2D eigenvalue weighted by Gasteiger charge is 2.19. The zero-order valence-electron chi connectivity index (χ0n) is 12.0. The lowest BCUT2D eigenvalue weighted by atomic mass is 10.1. The van der Waals surface area contributed by atoms with Crippen LogP contribution >= 0.6 is 12.2 Å². The van der Waals surface area contributed by atoms with E-state index in [1.165, 1.54) is 11.1 Å². The average Bonchev–Trinajstić information content (AvgIpc) is 2.88. The van der Waals surface area contributed by atoms with Crippen LogP contribution in [0.5, 0.6) is 0 Å². The molecule has 0 atom stereocenters. The molecule has 0 radical (unpaired) electrons. The Morgan fingerprint density at radius 1 is 1.18 bits per heavy atom. The van der Waals surface area contributed by atoms with Crippen molar-refractivity contribution in [2.75, 3.05) is 6.54 Å². The maximum absolute atomic E-state index is 11.9. The second-order valence-corrected chi connectivity index (χ2v) is 6.12. The fourth-order valence-corrected chi connectivity index (χ4v) is 3.34. The van der Waals surface area contributed by atoms with Crippen molar-refractivity contribution in [1.82, 2.24) is 19.9 Å². The molecule has 112 valence electrons. The van der Waals surface area contributed by atoms with E-state index in [0.717, 1.165) is 42.8 Å². The third-order valence-corrected chi connectivity index (χ3v) is 4.37. The van der Waals surface area contributed by atoms with Crippen LogP contribution in [0.1, 0.15) is 17.0 Å². The molecule has 0 spiro atoms. The Hall–Kier alpha value is -2.18. The Bertz CT molecular complexity index is 919. The molecule has 0 bridgehead atoms. The summed E-state index contributed by atoms with van der Waals surface area (Å²) in [4.78, 5) is 23.4. The molecule has 2 aromatic heterocycles. The normalized spacial score (nSPS) is 15.1. The van der Waals surface area contributed by atoms with Gasteiger partial charge in [0.05, 0.1) is 0 Å². The first-order valence-corrected chi connectivity index (χ1v) is 7.73. The summed E-state index contributed by atoms with van der Waals surface area (Å²) in [5.41, 5.74) is 4.07. The summed E-state index contributed by atoms with van der Waals surface area (Å²) in [6.07, 6.45) is 0.747. The highest BCUT2D eigenvalue weighted by Crippen LogP contribution is 2.19. The quantitative estimate of drug-likeness (QED) is 0.637. The number of rotatable bonds is 2. The van der Waals surface area contributed by atoms with E-state index in [2.05, 4.69) is 38.1 Å². The van der Waals surface area contributed by atoms with Gasteiger partial charge in [-0.25, -0.2) is 0 Å². The number of benzene rings is 1. The maximum Gasteiger partial charge on any atom is 0.255 e. The number of para-hydroxylation sites is 1. The monoisotopic (exact) mass is 312 g/mol. The van der Waals surface area contributed by atoms with E-state index in [-0.39, 0.29) is 5.56 Å². The SMILES string of the molecule is O=c1[nH]c(=S)[nH]c2c1CCN(Cc1cc3ccccc3[nH]1)C2. The van der Waals surface area contributed by atoms with E-state index >= 15 is 0 Å². The van der Waals surface area contributed by atoms with Gasteiger partial charge in [-0.2, -0.15) is 0 Å². The predicted octanol–water partition coefficient (Wildman–Crippen LogP) is 2.47. The minimum atomic E-state index is -0.0518. The molecule has 5 nitrogen and oxygen atoms in total. The van der Waals surface area contributed by atoms with Crippen LogP contribution in [0.3, 0.4) is 0 Å². The zero-order valence-corrected chi connectivity index (χ0v) is 12.8. The summed E-state index contributed by atoms with van der Waals surface area (Å²) < 4.78 is 0.399. The molecule has 3 heterocycles. The summed E-state index contributed by atoms with van der Waals surface area (Å²) >= 11 is 5.06. The lowest BCUT2D eigenvalue weighted by Crippen LogP contribution is -2.34. The van der Waals surface area contributed by atoms with E-state index in [1.807, 2.05) is 12.1 Å². The van der Waals surface area contributed by atoms with Crippen LogP contribution in [0.4, 0.5) is 0 Å². The highest BCUT2D eigenvalue weighted by atomic mass is 32.1. The Kier molecular flexibility index (Phi) is 3.20. The molecule has 0 fully saturated rings. The van der Waals surface area contributed by atoms with Crippen LogP contribution in [0.2, 0.25) is 0 Å². The van der Waals surface area contributed by atoms with Crippen molar-refractivity contribution in [3.05, 3.63) is 62.4 Å². The topological polar surface area (TPSA) is 67.7 Å². The summed E-state index contributed by atoms with van der Waals surface area (Å²) in [5.74, 6) is 0. The van der Waals surface area contributed by atoms with Crippen molar-refractivity contribution in [1.29, 1.82) is 0 Å². The molecule has 1 aliphatic rings. The summed E-state index contributed by atoms with van der Waals surface area (Å²) in [6, 6.07) is 10.5. The molecular formula is C16H16N4OS. The molecular weight excluding hydrogens is 296 g/mol. The first-order valence-electron chi connectivity index (χ1n) is 7.32. The van der Waals surface area contributed by atoms with E-state index in [4.69, 9.17) is 12.2 Å². The fourth-order valence-electron chi connectivity index (χ4n) is 3.13. The molecule has 6 heteroatoms. The van der Waals surface area contributed by atoms with Gasteiger partial charge in [0.25, 0.3) is 5.56 Å². The summed E-state index contributed by atoms with van der Waals surface area (Å²) in [6.45, 7) is 2.43. The van der Waals surface area contributed by atoms with Gasteiger partial charge >= 0.3 is 0 Å². The number of hydrogen-bond acceptors (Lipinski definition) is 3. The van der Waals surface area contributed by atoms with Gasteiger partial charge in [0.1, 0.15) is 0 Å². The molecule has 1 aromatic carbocycles. The van der Waals surface area contributed by atoms with Gasteiger partial charge in [0, 0.05) is 42.1 Å². The molecule has 4 rings (SSSR count). The van der Waals surface area contributed by atoms with Crippen LogP contribution in [0.25, 0.3) is 10.9 Å². The van der Waals surface area contributed by atoms with Gasteiger partial charge < -0.3 is 9.97 Å². The van der Waals surface area contributed by atoms with Gasteiger partial charge in [-0.05, 0) is 36.2 Å².